The van der Waals surface area contributed by atoms with E-state index < -0.39 is 24.1 Å². The molecule has 0 spiro atoms. The molecule has 1 aromatic heterocycles. The summed E-state index contributed by atoms with van der Waals surface area (Å²) in [5, 5.41) is 13.7. The summed E-state index contributed by atoms with van der Waals surface area (Å²) in [6.07, 6.45) is -0.218. The second-order valence-corrected chi connectivity index (χ2v) is 7.78. The summed E-state index contributed by atoms with van der Waals surface area (Å²) in [7, 11) is 1.32. The molecule has 1 heterocycles. The highest BCUT2D eigenvalue weighted by atomic mass is 16.5. The minimum Gasteiger partial charge on any atom is -0.467 e. The van der Waals surface area contributed by atoms with Crippen LogP contribution in [0.25, 0.3) is 0 Å². The van der Waals surface area contributed by atoms with Crippen LogP contribution in [0.2, 0.25) is 0 Å². The SMILES string of the molecule is COC(=O)[C@H](Cc1ccccc1)Nc1nnc([C@@H](NC(=O)OCc2ccccc2)C(C)C)o1. The van der Waals surface area contributed by atoms with E-state index >= 15 is 0 Å². The van der Waals surface area contributed by atoms with E-state index in [1.807, 2.05) is 74.5 Å². The second kappa shape index (κ2) is 11.7. The zero-order valence-electron chi connectivity index (χ0n) is 18.9. The van der Waals surface area contributed by atoms with Crippen LogP contribution in [0.3, 0.4) is 0 Å². The van der Waals surface area contributed by atoms with Crippen molar-refractivity contribution in [3.63, 3.8) is 0 Å². The number of nitrogens with zero attached hydrogens (tertiary/aromatic N) is 2. The predicted molar refractivity (Wildman–Crippen MR) is 121 cm³/mol. The van der Waals surface area contributed by atoms with Gasteiger partial charge in [0.05, 0.1) is 7.11 Å². The predicted octanol–water partition coefficient (Wildman–Crippen LogP) is 3.89. The number of alkyl carbamates (subject to hydrolysis) is 1. The van der Waals surface area contributed by atoms with E-state index in [-0.39, 0.29) is 24.4 Å². The van der Waals surface area contributed by atoms with Crippen molar-refractivity contribution in [1.82, 2.24) is 15.5 Å². The molecule has 2 atom stereocenters. The average molecular weight is 453 g/mol. The maximum absolute atomic E-state index is 12.3. The largest absolute Gasteiger partial charge is 0.467 e. The number of rotatable bonds is 10. The number of carbonyl (C=O) groups excluding carboxylic acids is 2. The van der Waals surface area contributed by atoms with Crippen LogP contribution in [0.15, 0.2) is 65.1 Å². The maximum Gasteiger partial charge on any atom is 0.408 e. The van der Waals surface area contributed by atoms with Crippen LogP contribution < -0.4 is 10.6 Å². The van der Waals surface area contributed by atoms with Crippen molar-refractivity contribution < 1.29 is 23.5 Å². The molecule has 0 aliphatic rings. The summed E-state index contributed by atoms with van der Waals surface area (Å²) in [4.78, 5) is 24.6. The van der Waals surface area contributed by atoms with Gasteiger partial charge in [0.2, 0.25) is 5.89 Å². The van der Waals surface area contributed by atoms with Crippen molar-refractivity contribution in [2.24, 2.45) is 5.92 Å². The van der Waals surface area contributed by atoms with E-state index in [9.17, 15) is 9.59 Å². The Kier molecular flexibility index (Phi) is 8.40. The van der Waals surface area contributed by atoms with Crippen LogP contribution in [0, 0.1) is 5.92 Å². The lowest BCUT2D eigenvalue weighted by molar-refractivity contribution is -0.141. The maximum atomic E-state index is 12.3. The molecule has 1 amide bonds. The molecule has 0 radical (unpaired) electrons. The summed E-state index contributed by atoms with van der Waals surface area (Å²) in [5.74, 6) is -0.308. The quantitative estimate of drug-likeness (QED) is 0.445. The van der Waals surface area contributed by atoms with Crippen molar-refractivity contribution >= 4 is 18.1 Å². The van der Waals surface area contributed by atoms with E-state index in [0.29, 0.717) is 6.42 Å². The normalized spacial score (nSPS) is 12.6. The number of hydrogen-bond acceptors (Lipinski definition) is 8. The third-order valence-corrected chi connectivity index (χ3v) is 4.93. The molecule has 2 N–H and O–H groups in total. The standard InChI is InChI=1S/C24H28N4O5/c1-16(2)20(26-24(30)32-15-18-12-8-5-9-13-18)21-27-28-23(33-21)25-19(22(29)31-3)14-17-10-6-4-7-11-17/h4-13,16,19-20H,14-15H2,1-3H3,(H,25,28)(H,26,30)/t19-,20-/m0/s1. The van der Waals surface area contributed by atoms with Crippen molar-refractivity contribution in [2.75, 3.05) is 12.4 Å². The number of carbonyl (C=O) groups is 2. The van der Waals surface area contributed by atoms with E-state index in [4.69, 9.17) is 13.9 Å². The molecular formula is C24H28N4O5. The fourth-order valence-corrected chi connectivity index (χ4v) is 3.16. The lowest BCUT2D eigenvalue weighted by atomic mass is 10.1. The highest BCUT2D eigenvalue weighted by Crippen LogP contribution is 2.23. The van der Waals surface area contributed by atoms with Crippen molar-refractivity contribution in [3.8, 4) is 0 Å². The molecule has 0 aliphatic carbocycles. The molecular weight excluding hydrogens is 424 g/mol. The van der Waals surface area contributed by atoms with Gasteiger partial charge in [-0.2, -0.15) is 0 Å². The van der Waals surface area contributed by atoms with Gasteiger partial charge in [-0.25, -0.2) is 9.59 Å². The molecule has 33 heavy (non-hydrogen) atoms. The molecule has 2 aromatic carbocycles. The van der Waals surface area contributed by atoms with Crippen molar-refractivity contribution in [1.29, 1.82) is 0 Å². The van der Waals surface area contributed by atoms with Gasteiger partial charge >= 0.3 is 18.1 Å². The lowest BCUT2D eigenvalue weighted by Crippen LogP contribution is -2.33. The first-order valence-corrected chi connectivity index (χ1v) is 10.6. The van der Waals surface area contributed by atoms with Gasteiger partial charge in [0.15, 0.2) is 0 Å². The Balaban J connectivity index is 1.64. The molecule has 9 nitrogen and oxygen atoms in total. The van der Waals surface area contributed by atoms with Gasteiger partial charge in [0.25, 0.3) is 0 Å². The minimum absolute atomic E-state index is 0.0525. The van der Waals surface area contributed by atoms with Gasteiger partial charge in [0.1, 0.15) is 18.7 Å². The fraction of sp³-hybridized carbons (Fsp3) is 0.333. The summed E-state index contributed by atoms with van der Waals surface area (Å²) >= 11 is 0. The van der Waals surface area contributed by atoms with Gasteiger partial charge < -0.3 is 24.5 Å². The topological polar surface area (TPSA) is 116 Å². The second-order valence-electron chi connectivity index (χ2n) is 7.78. The zero-order chi connectivity index (χ0) is 23.6. The van der Waals surface area contributed by atoms with Gasteiger partial charge in [-0.1, -0.05) is 79.6 Å². The zero-order valence-corrected chi connectivity index (χ0v) is 18.9. The van der Waals surface area contributed by atoms with Gasteiger partial charge in [-0.05, 0) is 17.0 Å². The van der Waals surface area contributed by atoms with Crippen molar-refractivity contribution in [3.05, 3.63) is 77.7 Å². The first-order valence-electron chi connectivity index (χ1n) is 10.6. The number of nitrogens with one attached hydrogen (secondary N) is 2. The van der Waals surface area contributed by atoms with E-state index in [1.165, 1.54) is 7.11 Å². The Labute approximate surface area is 192 Å². The average Bonchev–Trinajstić information content (AvgIpc) is 3.29. The Morgan fingerprint density at radius 3 is 2.21 bits per heavy atom. The Morgan fingerprint density at radius 1 is 0.970 bits per heavy atom. The summed E-state index contributed by atoms with van der Waals surface area (Å²) in [5.41, 5.74) is 1.83. The lowest BCUT2D eigenvalue weighted by Gasteiger charge is -2.18. The van der Waals surface area contributed by atoms with E-state index in [0.717, 1.165) is 11.1 Å². The molecule has 0 bridgehead atoms. The van der Waals surface area contributed by atoms with Crippen LogP contribution in [-0.2, 0) is 27.3 Å². The number of esters is 1. The number of benzene rings is 2. The molecule has 174 valence electrons. The molecule has 0 unspecified atom stereocenters. The molecule has 0 fully saturated rings. The smallest absolute Gasteiger partial charge is 0.408 e. The Bertz CT molecular complexity index is 1020. The monoisotopic (exact) mass is 452 g/mol. The van der Waals surface area contributed by atoms with E-state index in [1.54, 1.807) is 0 Å². The highest BCUT2D eigenvalue weighted by molar-refractivity contribution is 5.78. The molecule has 0 aliphatic heterocycles. The van der Waals surface area contributed by atoms with Crippen molar-refractivity contribution in [2.45, 2.75) is 39.0 Å². The van der Waals surface area contributed by atoms with Crippen LogP contribution in [0.5, 0.6) is 0 Å². The third-order valence-electron chi connectivity index (χ3n) is 4.93. The summed E-state index contributed by atoms with van der Waals surface area (Å²) < 4.78 is 15.9. The van der Waals surface area contributed by atoms with Gasteiger partial charge in [-0.3, -0.25) is 0 Å². The van der Waals surface area contributed by atoms with E-state index in [2.05, 4.69) is 20.8 Å². The molecule has 3 rings (SSSR count). The van der Waals surface area contributed by atoms with Gasteiger partial charge in [0, 0.05) is 6.42 Å². The Morgan fingerprint density at radius 2 is 1.61 bits per heavy atom. The van der Waals surface area contributed by atoms with Crippen LogP contribution in [0.4, 0.5) is 10.8 Å². The summed E-state index contributed by atoms with van der Waals surface area (Å²) in [6, 6.07) is 17.7. The van der Waals surface area contributed by atoms with Crippen LogP contribution in [-0.4, -0.2) is 35.4 Å². The number of ether oxygens (including phenoxy) is 2. The number of amides is 1. The van der Waals surface area contributed by atoms with Crippen LogP contribution in [0.1, 0.15) is 36.9 Å². The number of methoxy groups -OCH3 is 1. The molecule has 0 saturated carbocycles. The molecule has 0 saturated heterocycles. The highest BCUT2D eigenvalue weighted by Gasteiger charge is 2.27. The minimum atomic E-state index is -0.716. The third kappa shape index (κ3) is 7.06. The molecule has 9 heteroatoms. The molecule has 3 aromatic rings. The number of aromatic nitrogens is 2. The fourth-order valence-electron chi connectivity index (χ4n) is 3.16. The summed E-state index contributed by atoms with van der Waals surface area (Å²) in [6.45, 7) is 3.96. The number of hydrogen-bond donors (Lipinski definition) is 2. The number of anilines is 1. The van der Waals surface area contributed by atoms with Gasteiger partial charge in [-0.15, -0.1) is 5.10 Å². The Hall–Kier alpha value is -3.88. The first kappa shape index (κ1) is 23.8. The first-order chi connectivity index (χ1) is 16.0. The van der Waals surface area contributed by atoms with Crippen LogP contribution >= 0.6 is 0 Å².